The van der Waals surface area contributed by atoms with Crippen molar-refractivity contribution in [3.8, 4) is 11.8 Å². The molecule has 0 aliphatic carbocycles. The number of fused-ring (bicyclic) bond motifs is 1. The largest absolute Gasteiger partial charge is 0.483 e. The first-order chi connectivity index (χ1) is 14.9. The average molecular weight is 412 g/mol. The zero-order valence-corrected chi connectivity index (χ0v) is 17.7. The molecule has 0 unspecified atom stereocenters. The van der Waals surface area contributed by atoms with E-state index >= 15 is 0 Å². The number of hydrogen-bond donors (Lipinski definition) is 0. The van der Waals surface area contributed by atoms with Crippen molar-refractivity contribution >= 4 is 5.70 Å². The van der Waals surface area contributed by atoms with E-state index in [4.69, 9.17) is 9.47 Å². The Balaban J connectivity index is 1.53. The number of aromatic nitrogens is 1. The van der Waals surface area contributed by atoms with E-state index in [0.717, 1.165) is 22.4 Å². The molecule has 2 aromatic carbocycles. The van der Waals surface area contributed by atoms with Gasteiger partial charge in [0.05, 0.1) is 30.5 Å². The summed E-state index contributed by atoms with van der Waals surface area (Å²) < 4.78 is 13.4. The van der Waals surface area contributed by atoms with Gasteiger partial charge in [0, 0.05) is 17.8 Å². The lowest BCUT2D eigenvalue weighted by atomic mass is 9.97. The molecule has 0 saturated carbocycles. The zero-order valence-electron chi connectivity index (χ0n) is 17.7. The molecular formula is C26H24N2O3. The average Bonchev–Trinajstić information content (AvgIpc) is 2.76. The summed E-state index contributed by atoms with van der Waals surface area (Å²) in [5, 5.41) is 9.27. The minimum atomic E-state index is -0.570. The predicted molar refractivity (Wildman–Crippen MR) is 120 cm³/mol. The maximum absolute atomic E-state index is 12.9. The van der Waals surface area contributed by atoms with E-state index in [2.05, 4.69) is 6.07 Å². The first-order valence-corrected chi connectivity index (χ1v) is 10.3. The van der Waals surface area contributed by atoms with Crippen LogP contribution in [0.2, 0.25) is 0 Å². The van der Waals surface area contributed by atoms with Crippen molar-refractivity contribution < 1.29 is 9.47 Å². The lowest BCUT2D eigenvalue weighted by molar-refractivity contribution is 0.124. The number of pyridine rings is 1. The van der Waals surface area contributed by atoms with Gasteiger partial charge in [-0.05, 0) is 61.7 Å². The van der Waals surface area contributed by atoms with Gasteiger partial charge in [-0.1, -0.05) is 30.3 Å². The van der Waals surface area contributed by atoms with Crippen LogP contribution in [-0.4, -0.2) is 16.8 Å². The number of hydrogen-bond acceptors (Lipinski definition) is 4. The SMILES string of the molecule is CC1(C)C=C(n2ccc(CCOCc3ccccc3)cc2=O)c2cc(C#N)ccc2O1. The van der Waals surface area contributed by atoms with E-state index in [1.807, 2.05) is 56.3 Å². The molecule has 1 aliphatic rings. The van der Waals surface area contributed by atoms with Crippen molar-refractivity contribution in [3.63, 3.8) is 0 Å². The highest BCUT2D eigenvalue weighted by Crippen LogP contribution is 2.36. The van der Waals surface area contributed by atoms with Crippen molar-refractivity contribution in [1.29, 1.82) is 5.26 Å². The molecule has 5 nitrogen and oxygen atoms in total. The van der Waals surface area contributed by atoms with Gasteiger partial charge >= 0.3 is 0 Å². The second kappa shape index (κ2) is 8.63. The molecule has 0 spiro atoms. The first kappa shape index (κ1) is 20.6. The maximum Gasteiger partial charge on any atom is 0.255 e. The molecule has 156 valence electrons. The smallest absolute Gasteiger partial charge is 0.255 e. The van der Waals surface area contributed by atoms with E-state index in [1.54, 1.807) is 35.0 Å². The molecule has 1 aromatic heterocycles. The second-order valence-electron chi connectivity index (χ2n) is 8.09. The van der Waals surface area contributed by atoms with Crippen molar-refractivity contribution in [3.05, 3.63) is 106 Å². The molecule has 0 radical (unpaired) electrons. The molecule has 5 heteroatoms. The standard InChI is InChI=1S/C26H24N2O3/c1-26(2)16-23(22-14-21(17-27)8-9-24(22)31-26)28-12-10-19(15-25(28)29)11-13-30-18-20-6-4-3-5-7-20/h3-10,12,14-16H,11,13,18H2,1-2H3. The highest BCUT2D eigenvalue weighted by molar-refractivity contribution is 5.74. The quantitative estimate of drug-likeness (QED) is 0.558. The van der Waals surface area contributed by atoms with Gasteiger partial charge in [0.1, 0.15) is 11.4 Å². The van der Waals surface area contributed by atoms with Crippen LogP contribution in [0.25, 0.3) is 5.70 Å². The Morgan fingerprint density at radius 1 is 1.06 bits per heavy atom. The Hall–Kier alpha value is -3.62. The van der Waals surface area contributed by atoms with Gasteiger partial charge in [-0.3, -0.25) is 9.36 Å². The molecule has 0 fully saturated rings. The predicted octanol–water partition coefficient (Wildman–Crippen LogP) is 4.54. The van der Waals surface area contributed by atoms with Crippen molar-refractivity contribution in [2.24, 2.45) is 0 Å². The zero-order chi connectivity index (χ0) is 21.8. The minimum absolute atomic E-state index is 0.127. The fourth-order valence-corrected chi connectivity index (χ4v) is 3.64. The van der Waals surface area contributed by atoms with Crippen LogP contribution in [0, 0.1) is 11.3 Å². The molecule has 31 heavy (non-hydrogen) atoms. The third-order valence-corrected chi connectivity index (χ3v) is 5.13. The Bertz CT molecular complexity index is 1220. The van der Waals surface area contributed by atoms with Gasteiger partial charge in [-0.25, -0.2) is 0 Å². The van der Waals surface area contributed by atoms with E-state index in [1.165, 1.54) is 0 Å². The van der Waals surface area contributed by atoms with Crippen molar-refractivity contribution in [2.45, 2.75) is 32.5 Å². The van der Waals surface area contributed by atoms with E-state index in [0.29, 0.717) is 30.9 Å². The molecular weight excluding hydrogens is 388 g/mol. The number of ether oxygens (including phenoxy) is 2. The van der Waals surface area contributed by atoms with Crippen molar-refractivity contribution in [2.75, 3.05) is 6.61 Å². The number of benzene rings is 2. The summed E-state index contributed by atoms with van der Waals surface area (Å²) in [5.74, 6) is 0.659. The van der Waals surface area contributed by atoms with Crippen LogP contribution in [-0.2, 0) is 17.8 Å². The summed E-state index contributed by atoms with van der Waals surface area (Å²) in [6, 6.07) is 21.0. The molecule has 4 rings (SSSR count). The molecule has 0 atom stereocenters. The third kappa shape index (κ3) is 4.76. The van der Waals surface area contributed by atoms with Gasteiger partial charge in [-0.15, -0.1) is 0 Å². The Kier molecular flexibility index (Phi) is 5.75. The molecule has 3 aromatic rings. The summed E-state index contributed by atoms with van der Waals surface area (Å²) in [4.78, 5) is 12.9. The highest BCUT2D eigenvalue weighted by atomic mass is 16.5. The van der Waals surface area contributed by atoms with Gasteiger partial charge in [0.25, 0.3) is 5.56 Å². The molecule has 0 N–H and O–H groups in total. The Morgan fingerprint density at radius 2 is 1.87 bits per heavy atom. The summed E-state index contributed by atoms with van der Waals surface area (Å²) in [6.45, 7) is 4.98. The topological polar surface area (TPSA) is 64.2 Å². The van der Waals surface area contributed by atoms with E-state index < -0.39 is 5.60 Å². The molecule has 0 saturated heterocycles. The molecule has 0 amide bonds. The van der Waals surface area contributed by atoms with Crippen LogP contribution < -0.4 is 10.3 Å². The van der Waals surface area contributed by atoms with Crippen LogP contribution in [0.1, 0.15) is 36.1 Å². The third-order valence-electron chi connectivity index (χ3n) is 5.13. The van der Waals surface area contributed by atoms with Crippen LogP contribution >= 0.6 is 0 Å². The normalized spacial score (nSPS) is 14.2. The Labute approximate surface area is 181 Å². The fourth-order valence-electron chi connectivity index (χ4n) is 3.64. The molecule has 1 aliphatic heterocycles. The van der Waals surface area contributed by atoms with Gasteiger partial charge in [0.15, 0.2) is 0 Å². The monoisotopic (exact) mass is 412 g/mol. The summed E-state index contributed by atoms with van der Waals surface area (Å²) in [6.07, 6.45) is 4.36. The van der Waals surface area contributed by atoms with Crippen LogP contribution in [0.4, 0.5) is 0 Å². The van der Waals surface area contributed by atoms with Gasteiger partial charge in [0.2, 0.25) is 0 Å². The van der Waals surface area contributed by atoms with Gasteiger partial charge < -0.3 is 9.47 Å². The summed E-state index contributed by atoms with van der Waals surface area (Å²) in [7, 11) is 0. The van der Waals surface area contributed by atoms with E-state index in [-0.39, 0.29) is 5.56 Å². The fraction of sp³-hybridized carbons (Fsp3) is 0.231. The lowest BCUT2D eigenvalue weighted by Gasteiger charge is -2.31. The summed E-state index contributed by atoms with van der Waals surface area (Å²) >= 11 is 0. The number of nitrogens with zero attached hydrogens (tertiary/aromatic N) is 2. The van der Waals surface area contributed by atoms with E-state index in [9.17, 15) is 10.1 Å². The minimum Gasteiger partial charge on any atom is -0.483 e. The second-order valence-corrected chi connectivity index (χ2v) is 8.09. The first-order valence-electron chi connectivity index (χ1n) is 10.3. The van der Waals surface area contributed by atoms with Gasteiger partial charge in [-0.2, -0.15) is 5.26 Å². The number of nitriles is 1. The maximum atomic E-state index is 12.9. The Morgan fingerprint density at radius 3 is 2.61 bits per heavy atom. The van der Waals surface area contributed by atoms with Crippen LogP contribution in [0.15, 0.2) is 77.7 Å². The van der Waals surface area contributed by atoms with Crippen molar-refractivity contribution in [1.82, 2.24) is 4.57 Å². The highest BCUT2D eigenvalue weighted by Gasteiger charge is 2.28. The lowest BCUT2D eigenvalue weighted by Crippen LogP contribution is -2.32. The molecule has 0 bridgehead atoms. The van der Waals surface area contributed by atoms with Crippen LogP contribution in [0.3, 0.4) is 0 Å². The van der Waals surface area contributed by atoms with Crippen LogP contribution in [0.5, 0.6) is 5.75 Å². The molecule has 2 heterocycles. The summed E-state index contributed by atoms with van der Waals surface area (Å²) in [5.41, 5.74) is 3.33. The number of rotatable bonds is 6.